The molecule has 0 aromatic carbocycles. The Morgan fingerprint density at radius 1 is 1.62 bits per heavy atom. The van der Waals surface area contributed by atoms with Crippen molar-refractivity contribution in [3.8, 4) is 0 Å². The van der Waals surface area contributed by atoms with Crippen LogP contribution >= 0.6 is 0 Å². The van der Waals surface area contributed by atoms with E-state index in [2.05, 4.69) is 9.88 Å². The zero-order valence-corrected chi connectivity index (χ0v) is 8.37. The fraction of sp³-hybridized carbons (Fsp3) is 0.500. The van der Waals surface area contributed by atoms with Crippen molar-refractivity contribution in [2.24, 2.45) is 0 Å². The van der Waals surface area contributed by atoms with Crippen LogP contribution in [-0.2, 0) is 4.79 Å². The maximum absolute atomic E-state index is 11.0. The van der Waals surface area contributed by atoms with Gasteiger partial charge in [-0.3, -0.25) is 4.79 Å². The predicted octanol–water partition coefficient (Wildman–Crippen LogP) is 1.60. The van der Waals surface area contributed by atoms with Crippen LogP contribution in [0.4, 0.5) is 0 Å². The Labute approximate surface area is 78.8 Å². The highest BCUT2D eigenvalue weighted by atomic mass is 16.1. The number of carbonyl (C=O) groups excluding carboxylic acids is 1. The summed E-state index contributed by atoms with van der Waals surface area (Å²) in [5.74, 6) is 0.222. The van der Waals surface area contributed by atoms with Crippen LogP contribution in [0.25, 0.3) is 0 Å². The number of nitrogens with zero attached hydrogens (tertiary/aromatic N) is 1. The highest BCUT2D eigenvalue weighted by Crippen LogP contribution is 2.21. The summed E-state index contributed by atoms with van der Waals surface area (Å²) in [5, 5.41) is 0. The van der Waals surface area contributed by atoms with Gasteiger partial charge in [-0.2, -0.15) is 0 Å². The minimum Gasteiger partial charge on any atom is -0.367 e. The van der Waals surface area contributed by atoms with Gasteiger partial charge in [-0.25, -0.2) is 0 Å². The quantitative estimate of drug-likeness (QED) is 0.764. The Morgan fingerprint density at radius 3 is 2.69 bits per heavy atom. The minimum atomic E-state index is 0.198. The van der Waals surface area contributed by atoms with Crippen molar-refractivity contribution in [1.29, 1.82) is 0 Å². The van der Waals surface area contributed by atoms with Crippen molar-refractivity contribution < 1.29 is 4.79 Å². The zero-order valence-electron chi connectivity index (χ0n) is 8.37. The molecule has 1 atom stereocenters. The van der Waals surface area contributed by atoms with Gasteiger partial charge in [-0.1, -0.05) is 0 Å². The standard InChI is InChI=1S/C10H16N2O/c1-8(13)6-10(12(2)3)9-4-5-11-7-9/h4-5,7,10-11H,6H2,1-3H3. The number of hydrogen-bond donors (Lipinski definition) is 1. The number of carbonyl (C=O) groups is 1. The molecule has 0 amide bonds. The molecule has 0 radical (unpaired) electrons. The fourth-order valence-electron chi connectivity index (χ4n) is 1.41. The normalized spacial score (nSPS) is 13.2. The lowest BCUT2D eigenvalue weighted by Gasteiger charge is -2.22. The molecule has 1 aromatic rings. The number of aromatic amines is 1. The average molecular weight is 180 g/mol. The summed E-state index contributed by atoms with van der Waals surface area (Å²) in [6, 6.07) is 2.21. The van der Waals surface area contributed by atoms with Crippen LogP contribution < -0.4 is 0 Å². The smallest absolute Gasteiger partial charge is 0.131 e. The Kier molecular flexibility index (Phi) is 3.25. The summed E-state index contributed by atoms with van der Waals surface area (Å²) in [7, 11) is 3.97. The molecular formula is C10H16N2O. The molecule has 72 valence electrons. The van der Waals surface area contributed by atoms with E-state index in [1.807, 2.05) is 32.6 Å². The number of aromatic nitrogens is 1. The van der Waals surface area contributed by atoms with Gasteiger partial charge in [0, 0.05) is 24.9 Å². The van der Waals surface area contributed by atoms with Crippen molar-refractivity contribution in [2.75, 3.05) is 14.1 Å². The lowest BCUT2D eigenvalue weighted by atomic mass is 10.0. The van der Waals surface area contributed by atoms with Crippen molar-refractivity contribution in [3.05, 3.63) is 24.0 Å². The van der Waals surface area contributed by atoms with Crippen LogP contribution in [0.1, 0.15) is 24.9 Å². The van der Waals surface area contributed by atoms with Crippen LogP contribution in [0.5, 0.6) is 0 Å². The van der Waals surface area contributed by atoms with Gasteiger partial charge in [0.25, 0.3) is 0 Å². The van der Waals surface area contributed by atoms with E-state index in [0.29, 0.717) is 6.42 Å². The van der Waals surface area contributed by atoms with Crippen LogP contribution in [0, 0.1) is 0 Å². The number of Topliss-reactive ketones (excluding diaryl/α,β-unsaturated/α-hetero) is 1. The molecule has 13 heavy (non-hydrogen) atoms. The molecule has 1 N–H and O–H groups in total. The summed E-state index contributed by atoms with van der Waals surface area (Å²) in [4.78, 5) is 16.1. The van der Waals surface area contributed by atoms with E-state index in [1.54, 1.807) is 6.92 Å². The van der Waals surface area contributed by atoms with Gasteiger partial charge in [0.1, 0.15) is 5.78 Å². The Bertz CT molecular complexity index is 264. The molecular weight excluding hydrogens is 164 g/mol. The van der Waals surface area contributed by atoms with Gasteiger partial charge in [-0.15, -0.1) is 0 Å². The summed E-state index contributed by atoms with van der Waals surface area (Å²) in [5.41, 5.74) is 1.17. The SMILES string of the molecule is CC(=O)CC(c1cc[nH]c1)N(C)C. The summed E-state index contributed by atoms with van der Waals surface area (Å²) >= 11 is 0. The first-order valence-corrected chi connectivity index (χ1v) is 4.40. The second kappa shape index (κ2) is 4.23. The summed E-state index contributed by atoms with van der Waals surface area (Å²) in [6.07, 6.45) is 4.39. The first-order valence-electron chi connectivity index (χ1n) is 4.40. The number of rotatable bonds is 4. The maximum atomic E-state index is 11.0. The first-order chi connectivity index (χ1) is 6.11. The van der Waals surface area contributed by atoms with Gasteiger partial charge < -0.3 is 9.88 Å². The van der Waals surface area contributed by atoms with Crippen LogP contribution in [0.2, 0.25) is 0 Å². The Morgan fingerprint density at radius 2 is 2.31 bits per heavy atom. The van der Waals surface area contributed by atoms with E-state index in [-0.39, 0.29) is 11.8 Å². The van der Waals surface area contributed by atoms with E-state index < -0.39 is 0 Å². The van der Waals surface area contributed by atoms with Gasteiger partial charge in [0.15, 0.2) is 0 Å². The van der Waals surface area contributed by atoms with E-state index in [0.717, 1.165) is 0 Å². The van der Waals surface area contributed by atoms with Gasteiger partial charge in [0.05, 0.1) is 0 Å². The third-order valence-corrected chi connectivity index (χ3v) is 2.11. The van der Waals surface area contributed by atoms with E-state index in [9.17, 15) is 4.79 Å². The average Bonchev–Trinajstić information content (AvgIpc) is 2.50. The number of ketones is 1. The van der Waals surface area contributed by atoms with Crippen molar-refractivity contribution in [2.45, 2.75) is 19.4 Å². The van der Waals surface area contributed by atoms with E-state index >= 15 is 0 Å². The molecule has 0 spiro atoms. The fourth-order valence-corrected chi connectivity index (χ4v) is 1.41. The van der Waals surface area contributed by atoms with Gasteiger partial charge in [-0.05, 0) is 32.6 Å². The monoisotopic (exact) mass is 180 g/mol. The summed E-state index contributed by atoms with van der Waals surface area (Å²) in [6.45, 7) is 1.63. The van der Waals surface area contributed by atoms with Crippen LogP contribution in [0.3, 0.4) is 0 Å². The third kappa shape index (κ3) is 2.70. The molecule has 0 saturated carbocycles. The van der Waals surface area contributed by atoms with Crippen molar-refractivity contribution in [3.63, 3.8) is 0 Å². The lowest BCUT2D eigenvalue weighted by molar-refractivity contribution is -0.118. The maximum Gasteiger partial charge on any atom is 0.131 e. The largest absolute Gasteiger partial charge is 0.367 e. The number of nitrogens with one attached hydrogen (secondary N) is 1. The van der Waals surface area contributed by atoms with E-state index in [1.165, 1.54) is 5.56 Å². The number of hydrogen-bond acceptors (Lipinski definition) is 2. The third-order valence-electron chi connectivity index (χ3n) is 2.11. The first kappa shape index (κ1) is 9.99. The molecule has 0 saturated heterocycles. The second-order valence-electron chi connectivity index (χ2n) is 3.53. The molecule has 1 heterocycles. The van der Waals surface area contributed by atoms with E-state index in [4.69, 9.17) is 0 Å². The van der Waals surface area contributed by atoms with Gasteiger partial charge in [0.2, 0.25) is 0 Å². The zero-order chi connectivity index (χ0) is 9.84. The lowest BCUT2D eigenvalue weighted by Crippen LogP contribution is -2.21. The molecule has 0 aliphatic heterocycles. The molecule has 0 bridgehead atoms. The predicted molar refractivity (Wildman–Crippen MR) is 52.5 cm³/mol. The highest BCUT2D eigenvalue weighted by Gasteiger charge is 2.15. The van der Waals surface area contributed by atoms with Crippen molar-refractivity contribution >= 4 is 5.78 Å². The molecule has 1 aromatic heterocycles. The van der Waals surface area contributed by atoms with Crippen LogP contribution in [-0.4, -0.2) is 29.8 Å². The molecule has 1 unspecified atom stereocenters. The molecule has 3 heteroatoms. The molecule has 0 aliphatic rings. The molecule has 0 aliphatic carbocycles. The van der Waals surface area contributed by atoms with Crippen molar-refractivity contribution in [1.82, 2.24) is 9.88 Å². The molecule has 3 nitrogen and oxygen atoms in total. The summed E-state index contributed by atoms with van der Waals surface area (Å²) < 4.78 is 0. The molecule has 1 rings (SSSR count). The Balaban J connectivity index is 2.74. The van der Waals surface area contributed by atoms with Gasteiger partial charge >= 0.3 is 0 Å². The molecule has 0 fully saturated rings. The van der Waals surface area contributed by atoms with Crippen LogP contribution in [0.15, 0.2) is 18.5 Å². The Hall–Kier alpha value is -1.09. The minimum absolute atomic E-state index is 0.198. The number of H-pyrrole nitrogens is 1. The topological polar surface area (TPSA) is 36.1 Å². The highest BCUT2D eigenvalue weighted by molar-refractivity contribution is 5.76. The second-order valence-corrected chi connectivity index (χ2v) is 3.53.